The molecule has 2 rings (SSSR count). The molecule has 0 aliphatic heterocycles. The monoisotopic (exact) mass is 246 g/mol. The second kappa shape index (κ2) is 4.25. The molecule has 0 unspecified atom stereocenters. The van der Waals surface area contributed by atoms with E-state index in [0.29, 0.717) is 11.0 Å². The van der Waals surface area contributed by atoms with Crippen LogP contribution in [0.15, 0.2) is 16.9 Å². The van der Waals surface area contributed by atoms with E-state index in [1.54, 1.807) is 7.05 Å². The van der Waals surface area contributed by atoms with Crippen molar-refractivity contribution in [2.45, 2.75) is 13.8 Å². The summed E-state index contributed by atoms with van der Waals surface area (Å²) in [5.41, 5.74) is 2.82. The lowest BCUT2D eigenvalue weighted by molar-refractivity contribution is 0.0591. The zero-order valence-corrected chi connectivity index (χ0v) is 10.8. The number of esters is 1. The molecule has 5 heteroatoms. The quantitative estimate of drug-likeness (QED) is 0.712. The Morgan fingerprint density at radius 1 is 1.28 bits per heavy atom. The van der Waals surface area contributed by atoms with Crippen LogP contribution >= 0.6 is 0 Å². The molecule has 5 nitrogen and oxygen atoms in total. The number of carbonyl (C=O) groups is 1. The van der Waals surface area contributed by atoms with Crippen LogP contribution in [-0.2, 0) is 11.8 Å². The summed E-state index contributed by atoms with van der Waals surface area (Å²) in [6, 6.07) is 3.75. The number of methoxy groups -OCH3 is 1. The van der Waals surface area contributed by atoms with Gasteiger partial charge in [-0.05, 0) is 37.1 Å². The highest BCUT2D eigenvalue weighted by atomic mass is 16.5. The smallest absolute Gasteiger partial charge is 0.362 e. The topological polar surface area (TPSA) is 61.2 Å². The Bertz CT molecular complexity index is 701. The number of rotatable bonds is 1. The van der Waals surface area contributed by atoms with Crippen molar-refractivity contribution >= 4 is 17.0 Å². The largest absolute Gasteiger partial charge is 0.464 e. The molecule has 0 saturated heterocycles. The molecular formula is C13H14N2O3. The predicted octanol–water partition coefficient (Wildman–Crippen LogP) is 1.34. The van der Waals surface area contributed by atoms with Crippen molar-refractivity contribution in [3.05, 3.63) is 39.3 Å². The van der Waals surface area contributed by atoms with E-state index in [-0.39, 0.29) is 5.69 Å². The zero-order chi connectivity index (χ0) is 13.4. The van der Waals surface area contributed by atoms with Gasteiger partial charge in [-0.25, -0.2) is 9.78 Å². The molecule has 0 fully saturated rings. The molecule has 0 saturated carbocycles. The van der Waals surface area contributed by atoms with Crippen LogP contribution in [0.1, 0.15) is 21.6 Å². The van der Waals surface area contributed by atoms with Crippen LogP contribution in [0, 0.1) is 13.8 Å². The summed E-state index contributed by atoms with van der Waals surface area (Å²) in [6.45, 7) is 3.92. The maximum Gasteiger partial charge on any atom is 0.362 e. The minimum absolute atomic E-state index is 0.184. The number of aryl methyl sites for hydroxylation is 3. The van der Waals surface area contributed by atoms with Gasteiger partial charge in [-0.15, -0.1) is 0 Å². The molecule has 0 bridgehead atoms. The molecular weight excluding hydrogens is 232 g/mol. The average molecular weight is 246 g/mol. The van der Waals surface area contributed by atoms with Crippen LogP contribution in [0.5, 0.6) is 0 Å². The Balaban J connectivity index is 2.88. The molecule has 2 aromatic rings. The first-order valence-electron chi connectivity index (χ1n) is 5.52. The van der Waals surface area contributed by atoms with Gasteiger partial charge in [0.1, 0.15) is 0 Å². The van der Waals surface area contributed by atoms with Gasteiger partial charge in [0.05, 0.1) is 18.1 Å². The molecule has 0 atom stereocenters. The minimum atomic E-state index is -0.712. The van der Waals surface area contributed by atoms with Gasteiger partial charge < -0.3 is 9.30 Å². The van der Waals surface area contributed by atoms with Crippen LogP contribution in [-0.4, -0.2) is 22.6 Å². The van der Waals surface area contributed by atoms with Gasteiger partial charge in [0, 0.05) is 7.05 Å². The fourth-order valence-corrected chi connectivity index (χ4v) is 1.81. The first kappa shape index (κ1) is 12.3. The van der Waals surface area contributed by atoms with E-state index in [2.05, 4.69) is 9.72 Å². The third-order valence-electron chi connectivity index (χ3n) is 3.07. The summed E-state index contributed by atoms with van der Waals surface area (Å²) in [4.78, 5) is 27.6. The number of carbonyl (C=O) groups excluding carboxylic acids is 1. The predicted molar refractivity (Wildman–Crippen MR) is 67.8 cm³/mol. The van der Waals surface area contributed by atoms with Gasteiger partial charge in [-0.1, -0.05) is 0 Å². The summed E-state index contributed by atoms with van der Waals surface area (Å²) in [5.74, 6) is -0.712. The summed E-state index contributed by atoms with van der Waals surface area (Å²) < 4.78 is 5.98. The molecule has 1 heterocycles. The van der Waals surface area contributed by atoms with Crippen LogP contribution in [0.4, 0.5) is 0 Å². The molecule has 0 aliphatic carbocycles. The molecule has 1 aromatic heterocycles. The van der Waals surface area contributed by atoms with E-state index < -0.39 is 11.5 Å². The van der Waals surface area contributed by atoms with Gasteiger partial charge in [-0.2, -0.15) is 0 Å². The number of aromatic nitrogens is 2. The molecule has 0 aliphatic rings. The standard InChI is InChI=1S/C13H14N2O3/c1-7-5-9-10(6-8(7)2)15(3)12(16)11(14-9)13(17)18-4/h5-6H,1-4H3. The van der Waals surface area contributed by atoms with Crippen molar-refractivity contribution in [2.75, 3.05) is 7.11 Å². The molecule has 0 N–H and O–H groups in total. The highest BCUT2D eigenvalue weighted by Crippen LogP contribution is 2.16. The second-order valence-electron chi connectivity index (χ2n) is 4.24. The SMILES string of the molecule is COC(=O)c1nc2cc(C)c(C)cc2n(C)c1=O. The fourth-order valence-electron chi connectivity index (χ4n) is 1.81. The van der Waals surface area contributed by atoms with Gasteiger partial charge in [-0.3, -0.25) is 4.79 Å². The van der Waals surface area contributed by atoms with Crippen LogP contribution < -0.4 is 5.56 Å². The first-order valence-corrected chi connectivity index (χ1v) is 5.52. The van der Waals surface area contributed by atoms with E-state index in [9.17, 15) is 9.59 Å². The van der Waals surface area contributed by atoms with Gasteiger partial charge in [0.15, 0.2) is 0 Å². The lowest BCUT2D eigenvalue weighted by Crippen LogP contribution is -2.27. The van der Waals surface area contributed by atoms with Crippen molar-refractivity contribution in [3.8, 4) is 0 Å². The maximum absolute atomic E-state index is 12.0. The van der Waals surface area contributed by atoms with E-state index >= 15 is 0 Å². The highest BCUT2D eigenvalue weighted by Gasteiger charge is 2.16. The van der Waals surface area contributed by atoms with Crippen LogP contribution in [0.3, 0.4) is 0 Å². The number of ether oxygens (including phenoxy) is 1. The van der Waals surface area contributed by atoms with Crippen LogP contribution in [0.2, 0.25) is 0 Å². The van der Waals surface area contributed by atoms with Crippen molar-refractivity contribution in [2.24, 2.45) is 7.05 Å². The third-order valence-corrected chi connectivity index (χ3v) is 3.07. The van der Waals surface area contributed by atoms with Crippen molar-refractivity contribution in [1.82, 2.24) is 9.55 Å². The number of fused-ring (bicyclic) bond motifs is 1. The highest BCUT2D eigenvalue weighted by molar-refractivity contribution is 5.89. The van der Waals surface area contributed by atoms with Gasteiger partial charge in [0.2, 0.25) is 5.69 Å². The molecule has 18 heavy (non-hydrogen) atoms. The van der Waals surface area contributed by atoms with Crippen LogP contribution in [0.25, 0.3) is 11.0 Å². The lowest BCUT2D eigenvalue weighted by Gasteiger charge is -2.09. The molecule has 0 spiro atoms. The van der Waals surface area contributed by atoms with E-state index in [1.807, 2.05) is 26.0 Å². The summed E-state index contributed by atoms with van der Waals surface area (Å²) in [6.07, 6.45) is 0. The Labute approximate surface area is 104 Å². The van der Waals surface area contributed by atoms with E-state index in [1.165, 1.54) is 11.7 Å². The number of benzene rings is 1. The Morgan fingerprint density at radius 3 is 2.50 bits per heavy atom. The normalized spacial score (nSPS) is 10.7. The zero-order valence-electron chi connectivity index (χ0n) is 10.8. The molecule has 0 amide bonds. The summed E-state index contributed by atoms with van der Waals surface area (Å²) >= 11 is 0. The first-order chi connectivity index (χ1) is 8.45. The van der Waals surface area contributed by atoms with Gasteiger partial charge >= 0.3 is 5.97 Å². The Kier molecular flexibility index (Phi) is 2.90. The minimum Gasteiger partial charge on any atom is -0.464 e. The van der Waals surface area contributed by atoms with Gasteiger partial charge in [0.25, 0.3) is 5.56 Å². The number of hydrogen-bond donors (Lipinski definition) is 0. The van der Waals surface area contributed by atoms with Crippen molar-refractivity contribution in [3.63, 3.8) is 0 Å². The number of nitrogens with zero attached hydrogens (tertiary/aromatic N) is 2. The fraction of sp³-hybridized carbons (Fsp3) is 0.308. The van der Waals surface area contributed by atoms with E-state index in [4.69, 9.17) is 0 Å². The number of hydrogen-bond acceptors (Lipinski definition) is 4. The van der Waals surface area contributed by atoms with Crippen molar-refractivity contribution < 1.29 is 9.53 Å². The third kappa shape index (κ3) is 1.77. The average Bonchev–Trinajstić information content (AvgIpc) is 2.35. The molecule has 0 radical (unpaired) electrons. The lowest BCUT2D eigenvalue weighted by atomic mass is 10.1. The maximum atomic E-state index is 12.0. The van der Waals surface area contributed by atoms with E-state index in [0.717, 1.165) is 11.1 Å². The van der Waals surface area contributed by atoms with Crippen molar-refractivity contribution in [1.29, 1.82) is 0 Å². The summed E-state index contributed by atoms with van der Waals surface area (Å²) in [5, 5.41) is 0. The molecule has 94 valence electrons. The Hall–Kier alpha value is -2.17. The Morgan fingerprint density at radius 2 is 1.89 bits per heavy atom. The molecule has 1 aromatic carbocycles. The summed E-state index contributed by atoms with van der Waals surface area (Å²) in [7, 11) is 2.85. The second-order valence-corrected chi connectivity index (χ2v) is 4.24.